The van der Waals surface area contributed by atoms with Gasteiger partial charge in [0.1, 0.15) is 0 Å². The second-order valence-corrected chi connectivity index (χ2v) is 3.70. The van der Waals surface area contributed by atoms with Gasteiger partial charge in [-0.2, -0.15) is 13.2 Å². The van der Waals surface area contributed by atoms with Crippen molar-refractivity contribution in [2.24, 2.45) is 0 Å². The zero-order valence-electron chi connectivity index (χ0n) is 7.32. The van der Waals surface area contributed by atoms with E-state index in [0.29, 0.717) is 16.7 Å². The molecule has 7 heteroatoms. The summed E-state index contributed by atoms with van der Waals surface area (Å²) in [6.45, 7) is 0. The van der Waals surface area contributed by atoms with Crippen LogP contribution in [0.3, 0.4) is 0 Å². The van der Waals surface area contributed by atoms with Crippen LogP contribution in [0.1, 0.15) is 0 Å². The lowest BCUT2D eigenvalue weighted by Gasteiger charge is -2.04. The highest BCUT2D eigenvalue weighted by atomic mass is 32.2. The number of nitro groups is 1. The van der Waals surface area contributed by atoms with Crippen molar-refractivity contribution in [1.29, 1.82) is 0 Å². The summed E-state index contributed by atoms with van der Waals surface area (Å²) in [5.41, 5.74) is -0.133. The number of nitro benzene ring substituents is 1. The first kappa shape index (κ1) is 11.8. The second-order valence-electron chi connectivity index (χ2n) is 2.65. The van der Waals surface area contributed by atoms with Crippen LogP contribution in [0.4, 0.5) is 18.9 Å². The smallest absolute Gasteiger partial charge is 0.258 e. The minimum atomic E-state index is -4.23. The summed E-state index contributed by atoms with van der Waals surface area (Å²) in [5.74, 6) is -0.995. The molecule has 0 unspecified atom stereocenters. The van der Waals surface area contributed by atoms with Crippen LogP contribution in [-0.2, 0) is 0 Å². The lowest BCUT2D eigenvalue weighted by molar-refractivity contribution is -0.384. The molecule has 0 saturated heterocycles. The minimum Gasteiger partial charge on any atom is -0.258 e. The average molecular weight is 237 g/mol. The Balaban J connectivity index is 2.61. The third-order valence-corrected chi connectivity index (χ3v) is 2.53. The van der Waals surface area contributed by atoms with E-state index in [1.165, 1.54) is 24.3 Å². The largest absolute Gasteiger partial charge is 0.398 e. The predicted octanol–water partition coefficient (Wildman–Crippen LogP) is 3.25. The van der Waals surface area contributed by atoms with Crippen LogP contribution < -0.4 is 0 Å². The van der Waals surface area contributed by atoms with E-state index in [1.54, 1.807) is 0 Å². The number of nitrogens with zero attached hydrogens (tertiary/aromatic N) is 1. The highest BCUT2D eigenvalue weighted by molar-refractivity contribution is 7.99. The molecule has 1 rings (SSSR count). The molecule has 82 valence electrons. The third-order valence-electron chi connectivity index (χ3n) is 1.45. The summed E-state index contributed by atoms with van der Waals surface area (Å²) in [6, 6.07) is 4.96. The van der Waals surface area contributed by atoms with Crippen LogP contribution in [0.5, 0.6) is 0 Å². The lowest BCUT2D eigenvalue weighted by atomic mass is 10.3. The summed E-state index contributed by atoms with van der Waals surface area (Å²) < 4.78 is 35.5. The number of hydrogen-bond acceptors (Lipinski definition) is 3. The Morgan fingerprint density at radius 1 is 1.27 bits per heavy atom. The van der Waals surface area contributed by atoms with Gasteiger partial charge in [-0.25, -0.2) is 0 Å². The maximum absolute atomic E-state index is 11.8. The molecule has 0 aliphatic heterocycles. The van der Waals surface area contributed by atoms with Crippen LogP contribution in [0.2, 0.25) is 0 Å². The number of rotatable bonds is 3. The van der Waals surface area contributed by atoms with Gasteiger partial charge < -0.3 is 0 Å². The maximum Gasteiger partial charge on any atom is 0.398 e. The highest BCUT2D eigenvalue weighted by Crippen LogP contribution is 2.28. The van der Waals surface area contributed by atoms with E-state index in [-0.39, 0.29) is 5.69 Å². The van der Waals surface area contributed by atoms with Crippen molar-refractivity contribution >= 4 is 17.4 Å². The van der Waals surface area contributed by atoms with Gasteiger partial charge in [-0.3, -0.25) is 10.1 Å². The fourth-order valence-electron chi connectivity index (χ4n) is 0.829. The van der Waals surface area contributed by atoms with Crippen LogP contribution in [0.25, 0.3) is 0 Å². The molecule has 0 heterocycles. The van der Waals surface area contributed by atoms with Crippen molar-refractivity contribution in [2.45, 2.75) is 11.1 Å². The Kier molecular flexibility index (Phi) is 3.57. The van der Waals surface area contributed by atoms with Crippen molar-refractivity contribution < 1.29 is 18.1 Å². The average Bonchev–Trinajstić information content (AvgIpc) is 2.14. The van der Waals surface area contributed by atoms with Crippen molar-refractivity contribution in [3.8, 4) is 0 Å². The summed E-state index contributed by atoms with van der Waals surface area (Å²) >= 11 is 0.600. The zero-order chi connectivity index (χ0) is 11.5. The molecule has 1 aromatic carbocycles. The minimum absolute atomic E-state index is 0.133. The number of halogens is 3. The van der Waals surface area contributed by atoms with Gasteiger partial charge in [-0.05, 0) is 12.1 Å². The molecule has 0 bridgehead atoms. The normalized spacial score (nSPS) is 11.4. The summed E-state index contributed by atoms with van der Waals surface area (Å²) in [7, 11) is 0. The van der Waals surface area contributed by atoms with E-state index >= 15 is 0 Å². The van der Waals surface area contributed by atoms with Gasteiger partial charge in [0.25, 0.3) is 5.69 Å². The molecule has 0 spiro atoms. The van der Waals surface area contributed by atoms with Crippen molar-refractivity contribution in [3.63, 3.8) is 0 Å². The molecule has 0 N–H and O–H groups in total. The van der Waals surface area contributed by atoms with Gasteiger partial charge in [0.05, 0.1) is 10.7 Å². The third kappa shape index (κ3) is 4.20. The number of alkyl halides is 3. The Morgan fingerprint density at radius 2 is 1.80 bits per heavy atom. The molecule has 0 saturated carbocycles. The first-order chi connectivity index (χ1) is 6.88. The molecular formula is C8H6F3NO2S. The molecule has 0 aromatic heterocycles. The van der Waals surface area contributed by atoms with E-state index in [2.05, 4.69) is 0 Å². The molecule has 15 heavy (non-hydrogen) atoms. The quantitative estimate of drug-likeness (QED) is 0.460. The van der Waals surface area contributed by atoms with Crippen molar-refractivity contribution in [1.82, 2.24) is 0 Å². The number of benzene rings is 1. The molecule has 1 aromatic rings. The maximum atomic E-state index is 11.8. The summed E-state index contributed by atoms with van der Waals surface area (Å²) in [5, 5.41) is 10.2. The van der Waals surface area contributed by atoms with E-state index in [1.807, 2.05) is 0 Å². The topological polar surface area (TPSA) is 43.1 Å². The molecule has 0 aliphatic rings. The second kappa shape index (κ2) is 4.52. The van der Waals surface area contributed by atoms with Crippen LogP contribution in [0, 0.1) is 10.1 Å². The summed E-state index contributed by atoms with van der Waals surface area (Å²) in [4.78, 5) is 10.0. The SMILES string of the molecule is O=[N+]([O-])c1ccc(SCC(F)(F)F)cc1. The fourth-order valence-corrected chi connectivity index (χ4v) is 1.49. The lowest BCUT2D eigenvalue weighted by Crippen LogP contribution is -2.10. The first-order valence-corrected chi connectivity index (χ1v) is 4.81. The van der Waals surface area contributed by atoms with Gasteiger partial charge in [0, 0.05) is 17.0 Å². The molecule has 0 atom stereocenters. The van der Waals surface area contributed by atoms with Crippen molar-refractivity contribution in [2.75, 3.05) is 5.75 Å². The van der Waals surface area contributed by atoms with Gasteiger partial charge >= 0.3 is 6.18 Å². The van der Waals surface area contributed by atoms with Crippen LogP contribution >= 0.6 is 11.8 Å². The molecule has 0 amide bonds. The number of thioether (sulfide) groups is 1. The van der Waals surface area contributed by atoms with E-state index < -0.39 is 16.9 Å². The van der Waals surface area contributed by atoms with Gasteiger partial charge in [-0.1, -0.05) is 0 Å². The highest BCUT2D eigenvalue weighted by Gasteiger charge is 2.27. The van der Waals surface area contributed by atoms with Gasteiger partial charge in [-0.15, -0.1) is 11.8 Å². The van der Waals surface area contributed by atoms with E-state index in [0.717, 1.165) is 0 Å². The Hall–Kier alpha value is -1.24. The Labute approximate surface area is 87.4 Å². The molecular weight excluding hydrogens is 231 g/mol. The van der Waals surface area contributed by atoms with Crippen molar-refractivity contribution in [3.05, 3.63) is 34.4 Å². The zero-order valence-corrected chi connectivity index (χ0v) is 8.14. The van der Waals surface area contributed by atoms with Gasteiger partial charge in [0.15, 0.2) is 0 Å². The van der Waals surface area contributed by atoms with E-state index in [9.17, 15) is 23.3 Å². The monoisotopic (exact) mass is 237 g/mol. The fraction of sp³-hybridized carbons (Fsp3) is 0.250. The standard InChI is InChI=1S/C8H6F3NO2S/c9-8(10,11)5-15-7-3-1-6(2-4-7)12(13)14/h1-4H,5H2. The predicted molar refractivity (Wildman–Crippen MR) is 49.9 cm³/mol. The summed E-state index contributed by atoms with van der Waals surface area (Å²) in [6.07, 6.45) is -4.23. The molecule has 3 nitrogen and oxygen atoms in total. The van der Waals surface area contributed by atoms with E-state index in [4.69, 9.17) is 0 Å². The molecule has 0 aliphatic carbocycles. The Bertz CT molecular complexity index is 350. The molecule has 0 fully saturated rings. The number of hydrogen-bond donors (Lipinski definition) is 0. The van der Waals surface area contributed by atoms with Crippen LogP contribution in [0.15, 0.2) is 29.2 Å². The Morgan fingerprint density at radius 3 is 2.20 bits per heavy atom. The first-order valence-electron chi connectivity index (χ1n) is 3.82. The number of non-ortho nitro benzene ring substituents is 1. The van der Waals surface area contributed by atoms with Gasteiger partial charge in [0.2, 0.25) is 0 Å². The van der Waals surface area contributed by atoms with Crippen LogP contribution in [-0.4, -0.2) is 16.9 Å². The molecule has 0 radical (unpaired) electrons.